The molecule has 7 heteroatoms. The second-order valence-electron chi connectivity index (χ2n) is 3.14. The molecule has 0 spiro atoms. The Labute approximate surface area is 99.9 Å². The van der Waals surface area contributed by atoms with Gasteiger partial charge in [0.15, 0.2) is 0 Å². The summed E-state index contributed by atoms with van der Waals surface area (Å²) in [6, 6.07) is 4.52. The predicted molar refractivity (Wildman–Crippen MR) is 59.0 cm³/mol. The molecular weight excluding hydrogens is 244 g/mol. The monoisotopic (exact) mass is 252 g/mol. The maximum Gasteiger partial charge on any atom is 0.345 e. The van der Waals surface area contributed by atoms with Crippen molar-refractivity contribution in [3.05, 3.63) is 39.9 Å². The molecule has 0 atom stereocenters. The lowest BCUT2D eigenvalue weighted by molar-refractivity contribution is 0.0702. The van der Waals surface area contributed by atoms with Crippen LogP contribution in [0.3, 0.4) is 0 Å². The second-order valence-corrected chi connectivity index (χ2v) is 4.23. The number of carboxylic acids is 1. The fourth-order valence-electron chi connectivity index (χ4n) is 1.16. The van der Waals surface area contributed by atoms with E-state index in [-0.39, 0.29) is 17.3 Å². The topological polar surface area (TPSA) is 92.4 Å². The summed E-state index contributed by atoms with van der Waals surface area (Å²) in [7, 11) is 0. The molecule has 0 aliphatic carbocycles. The van der Waals surface area contributed by atoms with E-state index in [0.717, 1.165) is 11.3 Å². The van der Waals surface area contributed by atoms with Crippen molar-refractivity contribution in [2.24, 2.45) is 0 Å². The molecule has 0 radical (unpaired) electrons. The maximum atomic E-state index is 11.6. The van der Waals surface area contributed by atoms with Crippen LogP contribution in [0.15, 0.2) is 29.0 Å². The van der Waals surface area contributed by atoms with Crippen LogP contribution in [0.4, 0.5) is 0 Å². The van der Waals surface area contributed by atoms with Gasteiger partial charge in [0.05, 0.1) is 11.4 Å². The largest absolute Gasteiger partial charge is 0.477 e. The van der Waals surface area contributed by atoms with E-state index in [9.17, 15) is 9.59 Å². The van der Waals surface area contributed by atoms with Crippen LogP contribution in [0.1, 0.15) is 25.0 Å². The summed E-state index contributed by atoms with van der Waals surface area (Å²) < 4.78 is 4.61. The number of carboxylic acid groups (broad SMARTS) is 1. The molecule has 0 unspecified atom stereocenters. The van der Waals surface area contributed by atoms with E-state index >= 15 is 0 Å². The molecule has 2 N–H and O–H groups in total. The van der Waals surface area contributed by atoms with Crippen molar-refractivity contribution in [2.45, 2.75) is 6.54 Å². The smallest absolute Gasteiger partial charge is 0.345 e. The number of aromatic nitrogens is 1. The SMILES string of the molecule is O=C(O)c1ccc(C(=O)NCc2ccon2)s1. The van der Waals surface area contributed by atoms with Gasteiger partial charge in [-0.1, -0.05) is 5.16 Å². The molecule has 0 saturated carbocycles. The predicted octanol–water partition coefficient (Wildman–Crippen LogP) is 1.36. The number of nitrogens with zero attached hydrogens (tertiary/aromatic N) is 1. The second kappa shape index (κ2) is 4.79. The highest BCUT2D eigenvalue weighted by Crippen LogP contribution is 2.16. The molecular formula is C10H8N2O4S. The van der Waals surface area contributed by atoms with E-state index in [1.807, 2.05) is 0 Å². The number of hydrogen-bond acceptors (Lipinski definition) is 5. The fourth-order valence-corrected chi connectivity index (χ4v) is 1.92. The summed E-state index contributed by atoms with van der Waals surface area (Å²) in [5, 5.41) is 15.0. The number of aromatic carboxylic acids is 1. The Bertz CT molecular complexity index is 532. The van der Waals surface area contributed by atoms with Crippen molar-refractivity contribution in [2.75, 3.05) is 0 Å². The fraction of sp³-hybridized carbons (Fsp3) is 0.100. The summed E-state index contributed by atoms with van der Waals surface area (Å²) in [5.41, 5.74) is 0.605. The van der Waals surface area contributed by atoms with Gasteiger partial charge in [0.1, 0.15) is 16.8 Å². The molecule has 0 aliphatic rings. The molecule has 2 aromatic heterocycles. The number of thiophene rings is 1. The van der Waals surface area contributed by atoms with Crippen molar-refractivity contribution in [3.63, 3.8) is 0 Å². The third kappa shape index (κ3) is 2.70. The van der Waals surface area contributed by atoms with E-state index in [1.54, 1.807) is 6.07 Å². The van der Waals surface area contributed by atoms with Gasteiger partial charge >= 0.3 is 5.97 Å². The Morgan fingerprint density at radius 3 is 2.71 bits per heavy atom. The standard InChI is InChI=1S/C10H8N2O4S/c13-9(11-5-6-3-4-16-12-6)7-1-2-8(17-7)10(14)15/h1-4H,5H2,(H,11,13)(H,14,15). The van der Waals surface area contributed by atoms with Gasteiger partial charge in [0, 0.05) is 6.07 Å². The molecule has 0 aliphatic heterocycles. The number of nitrogens with one attached hydrogen (secondary N) is 1. The van der Waals surface area contributed by atoms with Gasteiger partial charge in [-0.2, -0.15) is 0 Å². The first-order valence-corrected chi connectivity index (χ1v) is 5.49. The van der Waals surface area contributed by atoms with Crippen LogP contribution in [-0.4, -0.2) is 22.1 Å². The molecule has 0 aromatic carbocycles. The Kier molecular flexibility index (Phi) is 3.20. The van der Waals surface area contributed by atoms with Gasteiger partial charge in [-0.3, -0.25) is 4.79 Å². The van der Waals surface area contributed by atoms with Gasteiger partial charge in [-0.25, -0.2) is 4.79 Å². The highest BCUT2D eigenvalue weighted by atomic mass is 32.1. The van der Waals surface area contributed by atoms with E-state index in [1.165, 1.54) is 18.4 Å². The summed E-state index contributed by atoms with van der Waals surface area (Å²) in [6.45, 7) is 0.246. The van der Waals surface area contributed by atoms with E-state index in [2.05, 4.69) is 15.0 Å². The van der Waals surface area contributed by atoms with Crippen molar-refractivity contribution in [1.82, 2.24) is 10.5 Å². The van der Waals surface area contributed by atoms with Crippen molar-refractivity contribution >= 4 is 23.2 Å². The van der Waals surface area contributed by atoms with Crippen molar-refractivity contribution in [3.8, 4) is 0 Å². The minimum Gasteiger partial charge on any atom is -0.477 e. The molecule has 0 saturated heterocycles. The Balaban J connectivity index is 1.97. The summed E-state index contributed by atoms with van der Waals surface area (Å²) in [4.78, 5) is 22.7. The van der Waals surface area contributed by atoms with Crippen LogP contribution in [0.2, 0.25) is 0 Å². The molecule has 2 aromatic rings. The molecule has 17 heavy (non-hydrogen) atoms. The first-order chi connectivity index (χ1) is 8.16. The lowest BCUT2D eigenvalue weighted by atomic mass is 10.4. The average Bonchev–Trinajstić information content (AvgIpc) is 2.96. The lowest BCUT2D eigenvalue weighted by Gasteiger charge is -1.99. The van der Waals surface area contributed by atoms with E-state index in [4.69, 9.17) is 5.11 Å². The van der Waals surface area contributed by atoms with E-state index in [0.29, 0.717) is 10.6 Å². The zero-order valence-electron chi connectivity index (χ0n) is 8.54. The summed E-state index contributed by atoms with van der Waals surface area (Å²) in [6.07, 6.45) is 1.41. The molecule has 0 bridgehead atoms. The van der Waals surface area contributed by atoms with Gasteiger partial charge in [0.25, 0.3) is 5.91 Å². The molecule has 0 fully saturated rings. The first kappa shape index (κ1) is 11.3. The van der Waals surface area contributed by atoms with Crippen LogP contribution in [-0.2, 0) is 6.54 Å². The van der Waals surface area contributed by atoms with Crippen LogP contribution < -0.4 is 5.32 Å². The number of hydrogen-bond donors (Lipinski definition) is 2. The Morgan fingerprint density at radius 1 is 1.35 bits per heavy atom. The van der Waals surface area contributed by atoms with Crippen LogP contribution in [0, 0.1) is 0 Å². The quantitative estimate of drug-likeness (QED) is 0.857. The zero-order valence-corrected chi connectivity index (χ0v) is 9.36. The molecule has 1 amide bonds. The van der Waals surface area contributed by atoms with E-state index < -0.39 is 5.97 Å². The molecule has 2 rings (SSSR count). The zero-order chi connectivity index (χ0) is 12.3. The third-order valence-electron chi connectivity index (χ3n) is 1.96. The Morgan fingerprint density at radius 2 is 2.12 bits per heavy atom. The van der Waals surface area contributed by atoms with Crippen LogP contribution >= 0.6 is 11.3 Å². The average molecular weight is 252 g/mol. The highest BCUT2D eigenvalue weighted by Gasteiger charge is 2.12. The number of rotatable bonds is 4. The number of carbonyl (C=O) groups is 2. The lowest BCUT2D eigenvalue weighted by Crippen LogP contribution is -2.21. The Hall–Kier alpha value is -2.15. The highest BCUT2D eigenvalue weighted by molar-refractivity contribution is 7.15. The van der Waals surface area contributed by atoms with Gasteiger partial charge in [0.2, 0.25) is 0 Å². The van der Waals surface area contributed by atoms with Crippen LogP contribution in [0.25, 0.3) is 0 Å². The molecule has 6 nitrogen and oxygen atoms in total. The maximum absolute atomic E-state index is 11.6. The van der Waals surface area contributed by atoms with Gasteiger partial charge < -0.3 is 14.9 Å². The van der Waals surface area contributed by atoms with Crippen molar-refractivity contribution in [1.29, 1.82) is 0 Å². The molecule has 88 valence electrons. The molecule has 2 heterocycles. The number of amides is 1. The minimum atomic E-state index is -1.04. The normalized spacial score (nSPS) is 10.1. The summed E-state index contributed by atoms with van der Waals surface area (Å²) in [5.74, 6) is -1.36. The van der Waals surface area contributed by atoms with Gasteiger partial charge in [-0.05, 0) is 12.1 Å². The summed E-state index contributed by atoms with van der Waals surface area (Å²) >= 11 is 0.931. The van der Waals surface area contributed by atoms with Gasteiger partial charge in [-0.15, -0.1) is 11.3 Å². The third-order valence-corrected chi connectivity index (χ3v) is 3.03. The van der Waals surface area contributed by atoms with Crippen LogP contribution in [0.5, 0.6) is 0 Å². The first-order valence-electron chi connectivity index (χ1n) is 4.67. The minimum absolute atomic E-state index is 0.136. The number of carbonyl (C=O) groups excluding carboxylic acids is 1. The van der Waals surface area contributed by atoms with Crippen molar-refractivity contribution < 1.29 is 19.2 Å².